The summed E-state index contributed by atoms with van der Waals surface area (Å²) in [6, 6.07) is 0. The van der Waals surface area contributed by atoms with Gasteiger partial charge in [-0.3, -0.25) is 5.26 Å². The maximum Gasteiger partial charge on any atom is 0.103 e. The van der Waals surface area contributed by atoms with Crippen molar-refractivity contribution in [1.82, 2.24) is 0 Å². The van der Waals surface area contributed by atoms with Gasteiger partial charge in [-0.2, -0.15) is 0 Å². The normalized spacial score (nSPS) is 23.8. The molecule has 1 aliphatic carbocycles. The first kappa shape index (κ1) is 12.0. The second kappa shape index (κ2) is 4.19. The summed E-state index contributed by atoms with van der Waals surface area (Å²) < 4.78 is 0. The molecule has 0 aliphatic heterocycles. The van der Waals surface area contributed by atoms with Gasteiger partial charge in [0.05, 0.1) is 0 Å². The lowest BCUT2D eigenvalue weighted by molar-refractivity contribution is -0.327. The van der Waals surface area contributed by atoms with Crippen LogP contribution in [0, 0.1) is 10.8 Å². The SMILES string of the molecule is CCC(C)(C)C(OO)C1(C)CCCC1. The van der Waals surface area contributed by atoms with Crippen LogP contribution in [0.4, 0.5) is 0 Å². The van der Waals surface area contributed by atoms with E-state index in [1.165, 1.54) is 25.7 Å². The molecule has 2 nitrogen and oxygen atoms in total. The first-order valence-corrected chi connectivity index (χ1v) is 5.76. The summed E-state index contributed by atoms with van der Waals surface area (Å²) in [5.41, 5.74) is 0.238. The van der Waals surface area contributed by atoms with Crippen LogP contribution in [-0.4, -0.2) is 11.4 Å². The third kappa shape index (κ3) is 2.12. The number of hydrogen-bond donors (Lipinski definition) is 1. The maximum absolute atomic E-state index is 9.12. The minimum Gasteiger partial charge on any atom is -0.251 e. The predicted octanol–water partition coefficient (Wildman–Crippen LogP) is 3.86. The fourth-order valence-corrected chi connectivity index (χ4v) is 2.84. The van der Waals surface area contributed by atoms with Gasteiger partial charge >= 0.3 is 0 Å². The van der Waals surface area contributed by atoms with Gasteiger partial charge < -0.3 is 0 Å². The lowest BCUT2D eigenvalue weighted by Gasteiger charge is -2.41. The van der Waals surface area contributed by atoms with Crippen LogP contribution in [0.3, 0.4) is 0 Å². The molecule has 0 aromatic carbocycles. The van der Waals surface area contributed by atoms with Crippen LogP contribution in [0.1, 0.15) is 59.8 Å². The Hall–Kier alpha value is -0.0800. The summed E-state index contributed by atoms with van der Waals surface area (Å²) in [6.07, 6.45) is 5.92. The summed E-state index contributed by atoms with van der Waals surface area (Å²) in [5.74, 6) is 0. The maximum atomic E-state index is 9.12. The van der Waals surface area contributed by atoms with Gasteiger partial charge in [0.15, 0.2) is 0 Å². The molecule has 84 valence electrons. The summed E-state index contributed by atoms with van der Waals surface area (Å²) in [4.78, 5) is 4.79. The molecule has 1 N–H and O–H groups in total. The van der Waals surface area contributed by atoms with Gasteiger partial charge in [-0.15, -0.1) is 0 Å². The van der Waals surface area contributed by atoms with Gasteiger partial charge in [-0.05, 0) is 30.1 Å². The highest BCUT2D eigenvalue weighted by Gasteiger charge is 2.45. The van der Waals surface area contributed by atoms with Crippen LogP contribution in [0.25, 0.3) is 0 Å². The Morgan fingerprint density at radius 2 is 1.86 bits per heavy atom. The van der Waals surface area contributed by atoms with Crippen LogP contribution >= 0.6 is 0 Å². The Morgan fingerprint density at radius 1 is 1.36 bits per heavy atom. The summed E-state index contributed by atoms with van der Waals surface area (Å²) in [7, 11) is 0. The molecule has 1 saturated carbocycles. The number of hydrogen-bond acceptors (Lipinski definition) is 2. The van der Waals surface area contributed by atoms with E-state index >= 15 is 0 Å². The highest BCUT2D eigenvalue weighted by atomic mass is 17.1. The molecule has 1 aliphatic rings. The first-order valence-electron chi connectivity index (χ1n) is 5.76. The van der Waals surface area contributed by atoms with Crippen LogP contribution in [-0.2, 0) is 4.89 Å². The van der Waals surface area contributed by atoms with Crippen LogP contribution in [0.5, 0.6) is 0 Å². The molecule has 1 fully saturated rings. The van der Waals surface area contributed by atoms with Crippen molar-refractivity contribution in [2.24, 2.45) is 10.8 Å². The van der Waals surface area contributed by atoms with E-state index in [9.17, 15) is 0 Å². The van der Waals surface area contributed by atoms with Gasteiger partial charge in [-0.25, -0.2) is 4.89 Å². The van der Waals surface area contributed by atoms with E-state index in [0.717, 1.165) is 6.42 Å². The Bertz CT molecular complexity index is 181. The number of rotatable bonds is 4. The minimum atomic E-state index is -0.0255. The Balaban J connectivity index is 2.79. The van der Waals surface area contributed by atoms with Crippen molar-refractivity contribution >= 4 is 0 Å². The average Bonchev–Trinajstić information content (AvgIpc) is 2.53. The molecule has 2 heteroatoms. The summed E-state index contributed by atoms with van der Waals surface area (Å²) >= 11 is 0. The van der Waals surface area contributed by atoms with Crippen molar-refractivity contribution in [3.8, 4) is 0 Å². The van der Waals surface area contributed by atoms with Crippen molar-refractivity contribution in [3.05, 3.63) is 0 Å². The van der Waals surface area contributed by atoms with E-state index in [0.29, 0.717) is 0 Å². The molecule has 0 aromatic rings. The van der Waals surface area contributed by atoms with Crippen molar-refractivity contribution in [2.45, 2.75) is 65.9 Å². The zero-order valence-corrected chi connectivity index (χ0v) is 9.97. The van der Waals surface area contributed by atoms with Crippen LogP contribution < -0.4 is 0 Å². The van der Waals surface area contributed by atoms with Crippen LogP contribution in [0.15, 0.2) is 0 Å². The van der Waals surface area contributed by atoms with Gasteiger partial charge in [0.25, 0.3) is 0 Å². The standard InChI is InChI=1S/C12H24O2/c1-5-11(2,3)10(14-13)12(4)8-6-7-9-12/h10,13H,5-9H2,1-4H3. The topological polar surface area (TPSA) is 29.5 Å². The molecule has 0 amide bonds. The highest BCUT2D eigenvalue weighted by Crippen LogP contribution is 2.48. The molecule has 0 spiro atoms. The van der Waals surface area contributed by atoms with Crippen molar-refractivity contribution < 1.29 is 10.1 Å². The molecule has 0 saturated heterocycles. The van der Waals surface area contributed by atoms with E-state index in [1.807, 2.05) is 0 Å². The van der Waals surface area contributed by atoms with Crippen molar-refractivity contribution in [2.75, 3.05) is 0 Å². The molecule has 1 atom stereocenters. The molecule has 0 aromatic heterocycles. The van der Waals surface area contributed by atoms with Gasteiger partial charge in [0, 0.05) is 0 Å². The minimum absolute atomic E-state index is 0.0255. The van der Waals surface area contributed by atoms with Crippen LogP contribution in [0.2, 0.25) is 0 Å². The van der Waals surface area contributed by atoms with E-state index in [4.69, 9.17) is 10.1 Å². The van der Waals surface area contributed by atoms with E-state index in [-0.39, 0.29) is 16.9 Å². The van der Waals surface area contributed by atoms with E-state index in [1.54, 1.807) is 0 Å². The quantitative estimate of drug-likeness (QED) is 0.551. The van der Waals surface area contributed by atoms with Gasteiger partial charge in [-0.1, -0.05) is 40.5 Å². The molecule has 0 heterocycles. The predicted molar refractivity (Wildman–Crippen MR) is 58.1 cm³/mol. The smallest absolute Gasteiger partial charge is 0.103 e. The zero-order valence-electron chi connectivity index (χ0n) is 9.97. The molecular formula is C12H24O2. The Morgan fingerprint density at radius 3 is 2.21 bits per heavy atom. The summed E-state index contributed by atoms with van der Waals surface area (Å²) in [5, 5.41) is 9.12. The lowest BCUT2D eigenvalue weighted by Crippen LogP contribution is -2.43. The molecular weight excluding hydrogens is 176 g/mol. The molecule has 1 unspecified atom stereocenters. The third-order valence-electron chi connectivity index (χ3n) is 4.11. The van der Waals surface area contributed by atoms with E-state index < -0.39 is 0 Å². The highest BCUT2D eigenvalue weighted by molar-refractivity contribution is 4.94. The van der Waals surface area contributed by atoms with Gasteiger partial charge in [0.2, 0.25) is 0 Å². The largest absolute Gasteiger partial charge is 0.251 e. The average molecular weight is 200 g/mol. The summed E-state index contributed by atoms with van der Waals surface area (Å²) in [6.45, 7) is 8.76. The lowest BCUT2D eigenvalue weighted by atomic mass is 9.69. The molecule has 0 bridgehead atoms. The molecule has 0 radical (unpaired) electrons. The Kier molecular flexibility index (Phi) is 3.59. The third-order valence-corrected chi connectivity index (χ3v) is 4.11. The van der Waals surface area contributed by atoms with Crippen molar-refractivity contribution in [3.63, 3.8) is 0 Å². The van der Waals surface area contributed by atoms with Gasteiger partial charge in [0.1, 0.15) is 6.10 Å². The monoisotopic (exact) mass is 200 g/mol. The van der Waals surface area contributed by atoms with Crippen molar-refractivity contribution in [1.29, 1.82) is 0 Å². The second-order valence-electron chi connectivity index (χ2n) is 5.69. The zero-order chi connectivity index (χ0) is 10.8. The molecule has 14 heavy (non-hydrogen) atoms. The molecule has 1 rings (SSSR count). The first-order chi connectivity index (χ1) is 6.46. The fourth-order valence-electron chi connectivity index (χ4n) is 2.84. The fraction of sp³-hybridized carbons (Fsp3) is 1.00. The second-order valence-corrected chi connectivity index (χ2v) is 5.69. The van der Waals surface area contributed by atoms with E-state index in [2.05, 4.69) is 27.7 Å². The Labute approximate surface area is 87.6 Å².